The third-order valence-corrected chi connectivity index (χ3v) is 5.14. The van der Waals surface area contributed by atoms with Crippen molar-refractivity contribution in [1.29, 1.82) is 0 Å². The lowest BCUT2D eigenvalue weighted by Crippen LogP contribution is -2.42. The Bertz CT molecular complexity index is 694. The lowest BCUT2D eigenvalue weighted by molar-refractivity contribution is 0.102. The quantitative estimate of drug-likeness (QED) is 0.855. The van der Waals surface area contributed by atoms with Gasteiger partial charge in [-0.15, -0.1) is 0 Å². The molecule has 3 rings (SSSR count). The lowest BCUT2D eigenvalue weighted by atomic mass is 9.96. The van der Waals surface area contributed by atoms with Gasteiger partial charge in [-0.1, -0.05) is 36.8 Å². The van der Waals surface area contributed by atoms with Crippen LogP contribution < -0.4 is 0 Å². The van der Waals surface area contributed by atoms with Gasteiger partial charge in [0.1, 0.15) is 6.61 Å². The van der Waals surface area contributed by atoms with Gasteiger partial charge in [0.2, 0.25) is 0 Å². The molecular weight excluding hydrogens is 308 g/mol. The van der Waals surface area contributed by atoms with E-state index in [0.29, 0.717) is 23.3 Å². The first-order valence-corrected chi connectivity index (χ1v) is 8.61. The average molecular weight is 332 g/mol. The van der Waals surface area contributed by atoms with Crippen LogP contribution in [0.5, 0.6) is 0 Å². The third-order valence-electron chi connectivity index (χ3n) is 4.65. The molecule has 124 valence electrons. The molecule has 2 heterocycles. The highest BCUT2D eigenvalue weighted by atomic mass is 32.1. The highest BCUT2D eigenvalue weighted by Gasteiger charge is 2.23. The second-order valence-corrected chi connectivity index (χ2v) is 6.57. The van der Waals surface area contributed by atoms with E-state index in [-0.39, 0.29) is 6.61 Å². The number of piperidine rings is 1. The molecule has 0 saturated carbocycles. The summed E-state index contributed by atoms with van der Waals surface area (Å²) >= 11 is 5.44. The van der Waals surface area contributed by atoms with E-state index in [1.54, 1.807) is 4.57 Å². The molecule has 1 aromatic heterocycles. The SMILES string of the molecule is Cn1c(CO)nn(CN2CCCCC2Cc2ccccc2)c1=S. The summed E-state index contributed by atoms with van der Waals surface area (Å²) in [5.41, 5.74) is 1.38. The van der Waals surface area contributed by atoms with Crippen LogP contribution >= 0.6 is 12.2 Å². The summed E-state index contributed by atoms with van der Waals surface area (Å²) in [6.07, 6.45) is 4.78. The van der Waals surface area contributed by atoms with Crippen molar-refractivity contribution in [3.63, 3.8) is 0 Å². The number of aromatic nitrogens is 3. The molecule has 0 aliphatic carbocycles. The Morgan fingerprint density at radius 3 is 2.74 bits per heavy atom. The van der Waals surface area contributed by atoms with Gasteiger partial charge in [-0.3, -0.25) is 4.90 Å². The third kappa shape index (κ3) is 3.71. The summed E-state index contributed by atoms with van der Waals surface area (Å²) in [6.45, 7) is 1.69. The molecule has 0 spiro atoms. The van der Waals surface area contributed by atoms with Gasteiger partial charge < -0.3 is 9.67 Å². The molecule has 1 N–H and O–H groups in total. The Hall–Kier alpha value is -1.50. The number of likely N-dealkylation sites (tertiary alicyclic amines) is 1. The molecule has 1 aliphatic heterocycles. The standard InChI is InChI=1S/C17H24N4OS/c1-19-16(12-22)18-21(17(19)23)13-20-10-6-5-9-15(20)11-14-7-3-2-4-8-14/h2-4,7-8,15,22H,5-6,9-13H2,1H3. The molecule has 1 aromatic carbocycles. The smallest absolute Gasteiger partial charge is 0.198 e. The summed E-state index contributed by atoms with van der Waals surface area (Å²) in [7, 11) is 1.86. The van der Waals surface area contributed by atoms with Crippen LogP contribution in [-0.4, -0.2) is 36.9 Å². The zero-order valence-corrected chi connectivity index (χ0v) is 14.4. The molecule has 5 nitrogen and oxygen atoms in total. The van der Waals surface area contributed by atoms with E-state index in [4.69, 9.17) is 12.2 Å². The Balaban J connectivity index is 1.75. The maximum absolute atomic E-state index is 9.35. The summed E-state index contributed by atoms with van der Waals surface area (Å²) in [5, 5.41) is 13.8. The van der Waals surface area contributed by atoms with Gasteiger partial charge in [-0.2, -0.15) is 5.10 Å². The number of nitrogens with zero attached hydrogens (tertiary/aromatic N) is 4. The van der Waals surface area contributed by atoms with E-state index in [9.17, 15) is 5.11 Å². The normalized spacial score (nSPS) is 19.1. The van der Waals surface area contributed by atoms with Gasteiger partial charge in [0.25, 0.3) is 0 Å². The minimum Gasteiger partial charge on any atom is -0.388 e. The van der Waals surface area contributed by atoms with Gasteiger partial charge in [0.15, 0.2) is 10.6 Å². The molecular formula is C17H24N4OS. The highest BCUT2D eigenvalue weighted by molar-refractivity contribution is 7.71. The minimum absolute atomic E-state index is 0.0828. The van der Waals surface area contributed by atoms with Gasteiger partial charge in [-0.05, 0) is 37.0 Å². The van der Waals surface area contributed by atoms with Crippen LogP contribution in [0, 0.1) is 4.77 Å². The van der Waals surface area contributed by atoms with Crippen molar-refractivity contribution in [1.82, 2.24) is 19.2 Å². The molecule has 2 aromatic rings. The van der Waals surface area contributed by atoms with Crippen LogP contribution in [0.1, 0.15) is 30.7 Å². The topological polar surface area (TPSA) is 46.2 Å². The van der Waals surface area contributed by atoms with Crippen molar-refractivity contribution in [2.24, 2.45) is 7.05 Å². The first kappa shape index (κ1) is 16.4. The van der Waals surface area contributed by atoms with E-state index < -0.39 is 0 Å². The monoisotopic (exact) mass is 332 g/mol. The Labute approximate surface area is 142 Å². The number of aliphatic hydroxyl groups excluding tert-OH is 1. The lowest BCUT2D eigenvalue weighted by Gasteiger charge is -2.35. The van der Waals surface area contributed by atoms with Crippen molar-refractivity contribution in [2.45, 2.75) is 45.0 Å². The number of hydrogen-bond acceptors (Lipinski definition) is 4. The van der Waals surface area contributed by atoms with Gasteiger partial charge in [-0.25, -0.2) is 4.68 Å². The highest BCUT2D eigenvalue weighted by Crippen LogP contribution is 2.21. The van der Waals surface area contributed by atoms with Crippen molar-refractivity contribution < 1.29 is 5.11 Å². The summed E-state index contributed by atoms with van der Waals surface area (Å²) in [6, 6.07) is 11.2. The second-order valence-electron chi connectivity index (χ2n) is 6.21. The van der Waals surface area contributed by atoms with Crippen molar-refractivity contribution in [3.8, 4) is 0 Å². The van der Waals surface area contributed by atoms with Crippen LogP contribution in [-0.2, 0) is 26.7 Å². The van der Waals surface area contributed by atoms with Crippen LogP contribution in [0.4, 0.5) is 0 Å². The zero-order chi connectivity index (χ0) is 16.2. The van der Waals surface area contributed by atoms with Crippen LogP contribution in [0.25, 0.3) is 0 Å². The zero-order valence-electron chi connectivity index (χ0n) is 13.6. The molecule has 1 atom stereocenters. The maximum Gasteiger partial charge on any atom is 0.198 e. The predicted molar refractivity (Wildman–Crippen MR) is 92.4 cm³/mol. The maximum atomic E-state index is 9.35. The number of aliphatic hydroxyl groups is 1. The predicted octanol–water partition coefficient (Wildman–Crippen LogP) is 2.50. The van der Waals surface area contributed by atoms with Crippen molar-refractivity contribution in [2.75, 3.05) is 6.54 Å². The second kappa shape index (κ2) is 7.38. The fourth-order valence-corrected chi connectivity index (χ4v) is 3.50. The Morgan fingerprint density at radius 1 is 1.26 bits per heavy atom. The van der Waals surface area contributed by atoms with Gasteiger partial charge in [0, 0.05) is 19.6 Å². The van der Waals surface area contributed by atoms with Crippen LogP contribution in [0.15, 0.2) is 30.3 Å². The van der Waals surface area contributed by atoms with Crippen molar-refractivity contribution in [3.05, 3.63) is 46.5 Å². The van der Waals surface area contributed by atoms with Crippen LogP contribution in [0.3, 0.4) is 0 Å². The molecule has 1 aliphatic rings. The molecule has 0 amide bonds. The fraction of sp³-hybridized carbons (Fsp3) is 0.529. The van der Waals surface area contributed by atoms with Crippen molar-refractivity contribution >= 4 is 12.2 Å². The molecule has 23 heavy (non-hydrogen) atoms. The minimum atomic E-state index is -0.0828. The van der Waals surface area contributed by atoms with Crippen LogP contribution in [0.2, 0.25) is 0 Å². The Morgan fingerprint density at radius 2 is 2.04 bits per heavy atom. The number of hydrogen-bond donors (Lipinski definition) is 1. The molecule has 6 heteroatoms. The molecule has 1 unspecified atom stereocenters. The summed E-state index contributed by atoms with van der Waals surface area (Å²) < 4.78 is 4.29. The fourth-order valence-electron chi connectivity index (χ4n) is 3.30. The van der Waals surface area contributed by atoms with E-state index in [1.165, 1.54) is 24.8 Å². The van der Waals surface area contributed by atoms with Gasteiger partial charge >= 0.3 is 0 Å². The van der Waals surface area contributed by atoms with E-state index in [2.05, 4.69) is 40.3 Å². The average Bonchev–Trinajstić information content (AvgIpc) is 2.85. The first-order chi connectivity index (χ1) is 11.2. The van der Waals surface area contributed by atoms with E-state index in [1.807, 2.05) is 11.7 Å². The Kier molecular flexibility index (Phi) is 5.25. The molecule has 0 bridgehead atoms. The molecule has 0 radical (unpaired) electrons. The number of benzene rings is 1. The van der Waals surface area contributed by atoms with E-state index in [0.717, 1.165) is 13.0 Å². The first-order valence-electron chi connectivity index (χ1n) is 8.20. The van der Waals surface area contributed by atoms with Gasteiger partial charge in [0.05, 0.1) is 6.67 Å². The van der Waals surface area contributed by atoms with E-state index >= 15 is 0 Å². The summed E-state index contributed by atoms with van der Waals surface area (Å²) in [5.74, 6) is 0.617. The number of rotatable bonds is 5. The molecule has 1 saturated heterocycles. The molecule has 1 fully saturated rings. The summed E-state index contributed by atoms with van der Waals surface area (Å²) in [4.78, 5) is 2.47. The largest absolute Gasteiger partial charge is 0.388 e.